The van der Waals surface area contributed by atoms with Crippen molar-refractivity contribution in [2.24, 2.45) is 17.6 Å². The molecule has 0 radical (unpaired) electrons. The second-order valence-corrected chi connectivity index (χ2v) is 11.5. The molecule has 7 N–H and O–H groups in total. The van der Waals surface area contributed by atoms with Crippen LogP contribution in [0.2, 0.25) is 0 Å². The van der Waals surface area contributed by atoms with Crippen LogP contribution in [-0.2, 0) is 16.0 Å². The molecule has 0 saturated heterocycles. The van der Waals surface area contributed by atoms with Crippen molar-refractivity contribution in [1.29, 1.82) is 0 Å². The number of phenolic OH excluding ortho intramolecular Hbond substituents is 1. The number of likely N-dealkylation sites (N-methyl/N-ethyl adjacent to an activating group) is 1. The highest BCUT2D eigenvalue weighted by Crippen LogP contribution is 2.53. The Labute approximate surface area is 250 Å². The topological polar surface area (TPSA) is 204 Å². The van der Waals surface area contributed by atoms with Crippen molar-refractivity contribution in [1.82, 2.24) is 4.90 Å². The number of rotatable bonds is 5. The van der Waals surface area contributed by atoms with Gasteiger partial charge in [-0.25, -0.2) is 0 Å². The highest BCUT2D eigenvalue weighted by molar-refractivity contribution is 6.25. The molecule has 226 valence electrons. The third-order valence-corrected chi connectivity index (χ3v) is 8.80. The lowest BCUT2D eigenvalue weighted by Crippen LogP contribution is -2.63. The fourth-order valence-corrected chi connectivity index (χ4v) is 6.85. The number of nitrogens with one attached hydrogen (secondary N) is 1. The average molecular weight is 600 g/mol. The van der Waals surface area contributed by atoms with E-state index in [9.17, 15) is 39.6 Å². The fraction of sp³-hybridized carbons (Fsp3) is 0.250. The van der Waals surface area contributed by atoms with Crippen LogP contribution in [0.25, 0.3) is 11.1 Å². The molecule has 3 aromatic rings. The first kappa shape index (κ1) is 28.9. The predicted molar refractivity (Wildman–Crippen MR) is 156 cm³/mol. The highest BCUT2D eigenvalue weighted by atomic mass is 16.4. The zero-order valence-corrected chi connectivity index (χ0v) is 23.7. The molecule has 0 fully saturated rings. The van der Waals surface area contributed by atoms with E-state index in [1.54, 1.807) is 50.5 Å². The molecule has 0 spiro atoms. The zero-order chi connectivity index (χ0) is 31.7. The Bertz CT molecular complexity index is 1800. The number of aliphatic hydroxyl groups excluding tert-OH is 2. The number of fused-ring (bicyclic) bond motifs is 3. The Morgan fingerprint density at radius 1 is 1.05 bits per heavy atom. The molecule has 2 amide bonds. The molecule has 1 heterocycles. The van der Waals surface area contributed by atoms with E-state index >= 15 is 0 Å². The molecule has 12 nitrogen and oxygen atoms in total. The molecule has 0 unspecified atom stereocenters. The summed E-state index contributed by atoms with van der Waals surface area (Å²) >= 11 is 0. The van der Waals surface area contributed by atoms with Gasteiger partial charge in [0.05, 0.1) is 17.9 Å². The maximum absolute atomic E-state index is 14.0. The number of hydrogen-bond donors (Lipinski definition) is 6. The SMILES string of the molecule is CN(C)[C@H]1C(O)=C(C(N)=O)C(=O)[C@@]2(O)C(O)=C3C(=O)c4c(O)ccc(-c5ccc(NC(=O)c6ccco6)cc5)c4C[C@H]3C[C@@H]12. The minimum atomic E-state index is -2.70. The number of nitrogens with two attached hydrogens (primary N) is 1. The van der Waals surface area contributed by atoms with Crippen LogP contribution in [0.4, 0.5) is 5.69 Å². The van der Waals surface area contributed by atoms with Crippen LogP contribution in [0.5, 0.6) is 5.75 Å². The number of primary amides is 1. The van der Waals surface area contributed by atoms with Crippen molar-refractivity contribution in [2.45, 2.75) is 24.5 Å². The number of amides is 2. The lowest BCUT2D eigenvalue weighted by molar-refractivity contribution is -0.148. The van der Waals surface area contributed by atoms with Gasteiger partial charge >= 0.3 is 0 Å². The van der Waals surface area contributed by atoms with Crippen molar-refractivity contribution >= 4 is 29.1 Å². The standard InChI is InChI=1S/C32H29N3O9/c1-35(2)25-19-13-15-12-18-17(14-5-7-16(8-6-14)34-31(42)21-4-3-11-44-21)9-10-20(36)23(18)26(37)22(15)28(39)32(19,43)29(40)24(27(25)38)30(33)41/h3-11,15,19,25,36,38-39,43H,12-13H2,1-2H3,(H2,33,41)(H,34,42)/t15-,19-,25+,32-/m0/s1. The van der Waals surface area contributed by atoms with Gasteiger partial charge in [-0.05, 0) is 79.9 Å². The molecule has 3 aliphatic carbocycles. The number of Topliss-reactive ketones (excluding diaryl/α,β-unsaturated/α-hetero) is 2. The predicted octanol–water partition coefficient (Wildman–Crippen LogP) is 2.63. The minimum Gasteiger partial charge on any atom is -0.510 e. The van der Waals surface area contributed by atoms with E-state index in [-0.39, 0.29) is 35.5 Å². The van der Waals surface area contributed by atoms with Gasteiger partial charge in [-0.1, -0.05) is 18.2 Å². The van der Waals surface area contributed by atoms with Crippen LogP contribution in [0.3, 0.4) is 0 Å². The maximum atomic E-state index is 14.0. The summed E-state index contributed by atoms with van der Waals surface area (Å²) in [5, 5.41) is 47.7. The monoisotopic (exact) mass is 599 g/mol. The number of ketones is 2. The lowest BCUT2D eigenvalue weighted by Gasteiger charge is -2.50. The van der Waals surface area contributed by atoms with Crippen molar-refractivity contribution in [2.75, 3.05) is 19.4 Å². The molecule has 2 aromatic carbocycles. The van der Waals surface area contributed by atoms with E-state index < -0.39 is 64.0 Å². The van der Waals surface area contributed by atoms with E-state index in [0.717, 1.165) is 0 Å². The third-order valence-electron chi connectivity index (χ3n) is 8.80. The molecule has 3 aliphatic rings. The van der Waals surface area contributed by atoms with Gasteiger partial charge in [0.2, 0.25) is 5.78 Å². The zero-order valence-electron chi connectivity index (χ0n) is 23.7. The number of nitrogens with zero attached hydrogens (tertiary/aromatic N) is 1. The van der Waals surface area contributed by atoms with Crippen LogP contribution >= 0.6 is 0 Å². The van der Waals surface area contributed by atoms with Gasteiger partial charge in [-0.2, -0.15) is 0 Å². The Morgan fingerprint density at radius 3 is 2.36 bits per heavy atom. The number of carbonyl (C=O) groups excluding carboxylic acids is 4. The summed E-state index contributed by atoms with van der Waals surface area (Å²) in [4.78, 5) is 53.4. The van der Waals surface area contributed by atoms with Crippen molar-refractivity contribution in [3.63, 3.8) is 0 Å². The quantitative estimate of drug-likeness (QED) is 0.237. The smallest absolute Gasteiger partial charge is 0.291 e. The number of anilines is 1. The van der Waals surface area contributed by atoms with E-state index in [1.807, 2.05) is 0 Å². The summed E-state index contributed by atoms with van der Waals surface area (Å²) in [7, 11) is 3.15. The number of phenols is 1. The van der Waals surface area contributed by atoms with Gasteiger partial charge in [0.15, 0.2) is 17.1 Å². The van der Waals surface area contributed by atoms with Gasteiger partial charge in [0.1, 0.15) is 22.8 Å². The second kappa shape index (κ2) is 10.2. The molecule has 1 aromatic heterocycles. The van der Waals surface area contributed by atoms with Gasteiger partial charge in [0.25, 0.3) is 11.8 Å². The van der Waals surface area contributed by atoms with Gasteiger partial charge in [-0.3, -0.25) is 24.1 Å². The molecule has 6 rings (SSSR count). The molecule has 12 heteroatoms. The van der Waals surface area contributed by atoms with E-state index in [4.69, 9.17) is 10.2 Å². The van der Waals surface area contributed by atoms with Gasteiger partial charge in [-0.15, -0.1) is 0 Å². The van der Waals surface area contributed by atoms with Crippen LogP contribution in [0.15, 0.2) is 81.9 Å². The number of furan rings is 1. The fourth-order valence-electron chi connectivity index (χ4n) is 6.85. The van der Waals surface area contributed by atoms with Crippen LogP contribution in [0.1, 0.15) is 32.9 Å². The molecule has 4 atom stereocenters. The average Bonchev–Trinajstić information content (AvgIpc) is 3.51. The number of carbonyl (C=O) groups is 4. The van der Waals surface area contributed by atoms with E-state index in [0.29, 0.717) is 22.4 Å². The Hall–Kier alpha value is -5.20. The summed E-state index contributed by atoms with van der Waals surface area (Å²) < 4.78 is 5.12. The van der Waals surface area contributed by atoms with E-state index in [2.05, 4.69) is 5.32 Å². The molecular formula is C32H29N3O9. The summed E-state index contributed by atoms with van der Waals surface area (Å²) in [5.41, 5.74) is 3.81. The summed E-state index contributed by atoms with van der Waals surface area (Å²) in [6.45, 7) is 0. The number of allylic oxidation sites excluding steroid dienone is 1. The Kier molecular flexibility index (Phi) is 6.71. The van der Waals surface area contributed by atoms with E-state index in [1.165, 1.54) is 23.3 Å². The molecule has 0 saturated carbocycles. The molecule has 0 aliphatic heterocycles. The summed E-state index contributed by atoms with van der Waals surface area (Å²) in [6.07, 6.45) is 1.53. The number of aromatic hydroxyl groups is 1. The molecule has 44 heavy (non-hydrogen) atoms. The highest BCUT2D eigenvalue weighted by Gasteiger charge is 2.63. The molecular weight excluding hydrogens is 570 g/mol. The normalized spacial score (nSPS) is 24.6. The summed E-state index contributed by atoms with van der Waals surface area (Å²) in [6, 6.07) is 11.9. The Balaban J connectivity index is 1.41. The van der Waals surface area contributed by atoms with Crippen LogP contribution in [0, 0.1) is 11.8 Å². The van der Waals surface area contributed by atoms with Crippen molar-refractivity contribution in [3.05, 3.63) is 94.3 Å². The minimum absolute atomic E-state index is 0.0153. The van der Waals surface area contributed by atoms with Crippen LogP contribution in [-0.4, -0.2) is 74.4 Å². The first-order valence-corrected chi connectivity index (χ1v) is 13.8. The number of benzene rings is 2. The number of aliphatic hydroxyl groups is 3. The Morgan fingerprint density at radius 2 is 1.75 bits per heavy atom. The lowest BCUT2D eigenvalue weighted by atomic mass is 9.58. The second-order valence-electron chi connectivity index (χ2n) is 11.5. The van der Waals surface area contributed by atoms with Gasteiger partial charge < -0.3 is 35.9 Å². The summed E-state index contributed by atoms with van der Waals surface area (Å²) in [5.74, 6) is -7.32. The molecule has 0 bridgehead atoms. The van der Waals surface area contributed by atoms with Crippen molar-refractivity contribution in [3.8, 4) is 16.9 Å². The first-order chi connectivity index (χ1) is 20.9. The largest absolute Gasteiger partial charge is 0.510 e. The first-order valence-electron chi connectivity index (χ1n) is 13.8. The third kappa shape index (κ3) is 4.13. The van der Waals surface area contributed by atoms with Crippen molar-refractivity contribution < 1.29 is 44.0 Å². The van der Waals surface area contributed by atoms with Gasteiger partial charge in [0, 0.05) is 17.2 Å². The van der Waals surface area contributed by atoms with Crippen LogP contribution < -0.4 is 11.1 Å². The maximum Gasteiger partial charge on any atom is 0.291 e. The number of hydrogen-bond acceptors (Lipinski definition) is 10.